The predicted octanol–water partition coefficient (Wildman–Crippen LogP) is 0.128. The van der Waals surface area contributed by atoms with Gasteiger partial charge in [-0.25, -0.2) is 4.68 Å². The van der Waals surface area contributed by atoms with Crippen molar-refractivity contribution in [3.63, 3.8) is 0 Å². The third kappa shape index (κ3) is 4.41. The van der Waals surface area contributed by atoms with Gasteiger partial charge in [0.25, 0.3) is 0 Å². The number of hydrogen-bond donors (Lipinski definition) is 2. The van der Waals surface area contributed by atoms with Gasteiger partial charge in [-0.1, -0.05) is 13.8 Å². The highest BCUT2D eigenvalue weighted by Gasteiger charge is 2.37. The summed E-state index contributed by atoms with van der Waals surface area (Å²) in [4.78, 5) is 3.50. The van der Waals surface area contributed by atoms with Gasteiger partial charge in [-0.05, 0) is 54.2 Å². The van der Waals surface area contributed by atoms with Crippen LogP contribution in [-0.2, 0) is 6.54 Å². The first-order valence-corrected chi connectivity index (χ1v) is 10.7. The van der Waals surface area contributed by atoms with Crippen molar-refractivity contribution in [2.75, 3.05) is 26.2 Å². The minimum absolute atomic E-state index is 0.361. The van der Waals surface area contributed by atoms with Crippen LogP contribution < -0.4 is 9.80 Å². The highest BCUT2D eigenvalue weighted by molar-refractivity contribution is 5.00. The van der Waals surface area contributed by atoms with Crippen molar-refractivity contribution in [2.45, 2.75) is 64.6 Å². The van der Waals surface area contributed by atoms with Gasteiger partial charge in [0.15, 0.2) is 6.04 Å². The number of piperazine rings is 1. The Morgan fingerprint density at radius 3 is 2.63 bits per heavy atom. The summed E-state index contributed by atoms with van der Waals surface area (Å²) >= 11 is 0. The highest BCUT2D eigenvalue weighted by Crippen LogP contribution is 2.18. The summed E-state index contributed by atoms with van der Waals surface area (Å²) < 4.78 is 7.45. The summed E-state index contributed by atoms with van der Waals surface area (Å²) in [6.45, 7) is 10.2. The second-order valence-corrected chi connectivity index (χ2v) is 8.75. The Morgan fingerprint density at radius 2 is 1.96 bits per heavy atom. The molecule has 0 bridgehead atoms. The summed E-state index contributed by atoms with van der Waals surface area (Å²) in [7, 11) is 0. The Balaban J connectivity index is 1.46. The number of nitrogens with one attached hydrogen (secondary N) is 2. The predicted molar refractivity (Wildman–Crippen MR) is 101 cm³/mol. The van der Waals surface area contributed by atoms with Crippen LogP contribution in [0, 0.1) is 5.92 Å². The Morgan fingerprint density at radius 1 is 1.19 bits per heavy atom. The second-order valence-electron chi connectivity index (χ2n) is 8.75. The fourth-order valence-corrected chi connectivity index (χ4v) is 5.03. The molecule has 3 heterocycles. The van der Waals surface area contributed by atoms with Crippen LogP contribution >= 0.6 is 0 Å². The van der Waals surface area contributed by atoms with Crippen LogP contribution in [0.1, 0.15) is 63.6 Å². The summed E-state index contributed by atoms with van der Waals surface area (Å²) in [5, 5.41) is 12.7. The van der Waals surface area contributed by atoms with Crippen LogP contribution in [0.2, 0.25) is 0 Å². The van der Waals surface area contributed by atoms with Gasteiger partial charge in [-0.2, -0.15) is 0 Å². The summed E-state index contributed by atoms with van der Waals surface area (Å²) in [5.41, 5.74) is 0. The smallest absolute Gasteiger partial charge is 0.209 e. The van der Waals surface area contributed by atoms with Crippen molar-refractivity contribution in [3.05, 3.63) is 30.0 Å². The Labute approximate surface area is 161 Å². The molecular weight excluding hydrogens is 340 g/mol. The molecule has 2 aromatic rings. The number of tetrazole rings is 1. The van der Waals surface area contributed by atoms with Crippen LogP contribution in [0.15, 0.2) is 22.8 Å². The maximum Gasteiger partial charge on any atom is 0.209 e. The number of hydrogen-bond acceptors (Lipinski definition) is 4. The van der Waals surface area contributed by atoms with Crippen molar-refractivity contribution in [3.8, 4) is 0 Å². The molecule has 0 radical (unpaired) electrons. The standard InChI is InChI=1S/C20H32N6O/c1-16(2)14-19(20-21-22-23-26(20)15-18-8-5-13-27-18)25-11-9-24(10-12-25)17-6-3-4-7-17/h5,8,13,16-17,19H,3-4,6-7,9-12,14-15H2,1-2H3/p+2/t19-/m0/s1. The summed E-state index contributed by atoms with van der Waals surface area (Å²) in [5.74, 6) is 2.54. The number of quaternary nitrogens is 2. The van der Waals surface area contributed by atoms with E-state index in [1.807, 2.05) is 21.7 Å². The maximum absolute atomic E-state index is 5.51. The van der Waals surface area contributed by atoms with Crippen LogP contribution in [0.25, 0.3) is 0 Å². The van der Waals surface area contributed by atoms with E-state index in [-0.39, 0.29) is 0 Å². The first-order chi connectivity index (χ1) is 13.2. The molecule has 0 amide bonds. The van der Waals surface area contributed by atoms with Gasteiger partial charge in [0.05, 0.1) is 12.3 Å². The maximum atomic E-state index is 5.51. The van der Waals surface area contributed by atoms with E-state index >= 15 is 0 Å². The van der Waals surface area contributed by atoms with Crippen LogP contribution in [0.4, 0.5) is 0 Å². The van der Waals surface area contributed by atoms with E-state index < -0.39 is 0 Å². The quantitative estimate of drug-likeness (QED) is 0.723. The van der Waals surface area contributed by atoms with Crippen molar-refractivity contribution in [1.29, 1.82) is 0 Å². The van der Waals surface area contributed by atoms with E-state index in [1.54, 1.807) is 11.2 Å². The molecule has 1 saturated carbocycles. The van der Waals surface area contributed by atoms with Crippen molar-refractivity contribution >= 4 is 0 Å². The molecule has 27 heavy (non-hydrogen) atoms. The van der Waals surface area contributed by atoms with Gasteiger partial charge in [-0.15, -0.1) is 5.10 Å². The minimum atomic E-state index is 0.361. The summed E-state index contributed by atoms with van der Waals surface area (Å²) in [6.07, 6.45) is 8.56. The Kier molecular flexibility index (Phi) is 5.88. The fraction of sp³-hybridized carbons (Fsp3) is 0.750. The second kappa shape index (κ2) is 8.52. The lowest BCUT2D eigenvalue weighted by Crippen LogP contribution is -3.29. The number of rotatable bonds is 7. The van der Waals surface area contributed by atoms with E-state index in [2.05, 4.69) is 29.4 Å². The normalized spacial score (nSPS) is 25.3. The Hall–Kier alpha value is -1.73. The number of nitrogens with zero attached hydrogens (tertiary/aromatic N) is 4. The molecule has 148 valence electrons. The zero-order valence-corrected chi connectivity index (χ0v) is 16.7. The lowest BCUT2D eigenvalue weighted by atomic mass is 10.0. The SMILES string of the molecule is CC(C)C[C@@H](c1nnnn1Cc1ccco1)[NH+]1CC[NH+](C2CCCC2)CC1. The van der Waals surface area contributed by atoms with Crippen LogP contribution in [0.3, 0.4) is 0 Å². The van der Waals surface area contributed by atoms with Crippen LogP contribution in [0.5, 0.6) is 0 Å². The molecule has 2 aromatic heterocycles. The first kappa shape index (κ1) is 18.6. The first-order valence-electron chi connectivity index (χ1n) is 10.7. The molecule has 0 unspecified atom stereocenters. The van der Waals surface area contributed by atoms with E-state index in [0.29, 0.717) is 18.5 Å². The molecule has 2 N–H and O–H groups in total. The number of furan rings is 1. The van der Waals surface area contributed by atoms with Gasteiger partial charge in [0.2, 0.25) is 5.82 Å². The molecule has 1 aliphatic heterocycles. The molecule has 1 atom stereocenters. The third-order valence-corrected chi connectivity index (χ3v) is 6.42. The van der Waals surface area contributed by atoms with E-state index in [4.69, 9.17) is 4.42 Å². The van der Waals surface area contributed by atoms with Crippen LogP contribution in [-0.4, -0.2) is 52.4 Å². The molecule has 2 aliphatic rings. The van der Waals surface area contributed by atoms with E-state index in [0.717, 1.165) is 24.0 Å². The lowest BCUT2D eigenvalue weighted by molar-refractivity contribution is -1.04. The van der Waals surface area contributed by atoms with Gasteiger partial charge in [0, 0.05) is 6.42 Å². The molecule has 1 saturated heterocycles. The molecule has 4 rings (SSSR count). The fourth-order valence-electron chi connectivity index (χ4n) is 5.03. The summed E-state index contributed by atoms with van der Waals surface area (Å²) in [6, 6.07) is 5.18. The molecule has 1 aliphatic carbocycles. The molecule has 7 heteroatoms. The van der Waals surface area contributed by atoms with Gasteiger partial charge < -0.3 is 14.2 Å². The highest BCUT2D eigenvalue weighted by atomic mass is 16.3. The largest absolute Gasteiger partial charge is 0.467 e. The monoisotopic (exact) mass is 374 g/mol. The molecular formula is C20H34N6O+2. The molecule has 0 spiro atoms. The van der Waals surface area contributed by atoms with Crippen molar-refractivity contribution < 1.29 is 14.2 Å². The van der Waals surface area contributed by atoms with Gasteiger partial charge in [-0.3, -0.25) is 0 Å². The van der Waals surface area contributed by atoms with Crippen molar-refractivity contribution in [1.82, 2.24) is 20.2 Å². The third-order valence-electron chi connectivity index (χ3n) is 6.42. The topological polar surface area (TPSA) is 65.6 Å². The average molecular weight is 375 g/mol. The Bertz CT molecular complexity index is 683. The van der Waals surface area contributed by atoms with Gasteiger partial charge in [0.1, 0.15) is 38.5 Å². The minimum Gasteiger partial charge on any atom is -0.467 e. The van der Waals surface area contributed by atoms with E-state index in [9.17, 15) is 0 Å². The van der Waals surface area contributed by atoms with E-state index in [1.165, 1.54) is 51.9 Å². The van der Waals surface area contributed by atoms with Gasteiger partial charge >= 0.3 is 0 Å². The zero-order chi connectivity index (χ0) is 18.6. The van der Waals surface area contributed by atoms with Crippen molar-refractivity contribution in [2.24, 2.45) is 5.92 Å². The zero-order valence-electron chi connectivity index (χ0n) is 16.7. The molecule has 0 aromatic carbocycles. The molecule has 2 fully saturated rings. The molecule has 7 nitrogen and oxygen atoms in total. The lowest BCUT2D eigenvalue weighted by Gasteiger charge is -2.36. The average Bonchev–Trinajstić information content (AvgIpc) is 3.43. The number of aromatic nitrogens is 4.